The van der Waals surface area contributed by atoms with Crippen molar-refractivity contribution in [3.05, 3.63) is 24.0 Å². The van der Waals surface area contributed by atoms with E-state index in [1.165, 1.54) is 19.6 Å². The third kappa shape index (κ3) is 6.44. The minimum Gasteiger partial charge on any atom is -0.494 e. The summed E-state index contributed by atoms with van der Waals surface area (Å²) >= 11 is 0. The number of ether oxygens (including phenoxy) is 1. The first-order valence-corrected chi connectivity index (χ1v) is 12.4. The van der Waals surface area contributed by atoms with Gasteiger partial charge in [-0.3, -0.25) is 4.90 Å². The molecule has 2 aromatic rings. The molecule has 5 N–H and O–H groups in total. The zero-order valence-electron chi connectivity index (χ0n) is 20.2. The van der Waals surface area contributed by atoms with Gasteiger partial charge in [0.1, 0.15) is 0 Å². The van der Waals surface area contributed by atoms with Gasteiger partial charge in [0.2, 0.25) is 17.8 Å². The molecule has 1 aromatic carbocycles. The van der Waals surface area contributed by atoms with Gasteiger partial charge in [-0.15, -0.1) is 0 Å². The van der Waals surface area contributed by atoms with Crippen LogP contribution in [0.15, 0.2) is 18.2 Å². The lowest BCUT2D eigenvalue weighted by molar-refractivity contribution is 0.277. The predicted molar refractivity (Wildman–Crippen MR) is 133 cm³/mol. The second kappa shape index (κ2) is 11.6. The fourth-order valence-corrected chi connectivity index (χ4v) is 4.84. The highest BCUT2D eigenvalue weighted by atomic mass is 19.1. The van der Waals surface area contributed by atoms with Gasteiger partial charge in [-0.05, 0) is 69.7 Å². The first-order chi connectivity index (χ1) is 16.5. The molecule has 186 valence electrons. The van der Waals surface area contributed by atoms with E-state index in [1.807, 2.05) is 0 Å². The number of likely N-dealkylation sites (N-methyl/N-ethyl adjacent to an activating group) is 1. The van der Waals surface area contributed by atoms with Crippen molar-refractivity contribution in [2.24, 2.45) is 11.7 Å². The maximum absolute atomic E-state index is 14.2. The van der Waals surface area contributed by atoms with Crippen molar-refractivity contribution in [2.75, 3.05) is 49.2 Å². The van der Waals surface area contributed by atoms with E-state index in [4.69, 9.17) is 10.5 Å². The first kappa shape index (κ1) is 24.4. The Morgan fingerprint density at radius 2 is 1.74 bits per heavy atom. The number of nitrogens with zero attached hydrogens (tertiary/aromatic N) is 4. The molecule has 2 heterocycles. The molecule has 34 heavy (non-hydrogen) atoms. The number of likely N-dealkylation sites (tertiary alicyclic amines) is 1. The zero-order chi connectivity index (χ0) is 23.9. The Bertz CT molecular complexity index is 937. The predicted octanol–water partition coefficient (Wildman–Crippen LogP) is 3.59. The number of hydrogen-bond donors (Lipinski definition) is 4. The minimum absolute atomic E-state index is 0.190. The molecule has 1 aliphatic heterocycles. The van der Waals surface area contributed by atoms with Gasteiger partial charge in [0, 0.05) is 36.9 Å². The molecule has 1 aromatic heterocycles. The number of nitrogens with two attached hydrogens (primary N) is 1. The van der Waals surface area contributed by atoms with Gasteiger partial charge in [-0.1, -0.05) is 6.92 Å². The lowest BCUT2D eigenvalue weighted by Crippen LogP contribution is -2.35. The standard InChI is InChI=1S/C24H37FN8O/c1-3-33-12-4-5-19(33)15-28-23-30-22(27-14-16-6-8-17(26)9-7-16)31-24(32-23)29-18-10-11-21(34-2)20(25)13-18/h10-11,13,16-17,19H,3-9,12,14-15,26H2,1-2H3,(H3,27,28,29,30,31,32). The van der Waals surface area contributed by atoms with Gasteiger partial charge >= 0.3 is 0 Å². The zero-order valence-corrected chi connectivity index (χ0v) is 20.2. The molecule has 1 unspecified atom stereocenters. The smallest absolute Gasteiger partial charge is 0.233 e. The van der Waals surface area contributed by atoms with Crippen LogP contribution in [0, 0.1) is 11.7 Å². The van der Waals surface area contributed by atoms with Crippen molar-refractivity contribution < 1.29 is 9.13 Å². The Kier molecular flexibility index (Phi) is 8.34. The second-order valence-electron chi connectivity index (χ2n) is 9.25. The quantitative estimate of drug-likeness (QED) is 0.412. The molecule has 4 rings (SSSR count). The first-order valence-electron chi connectivity index (χ1n) is 12.4. The molecule has 2 fully saturated rings. The van der Waals surface area contributed by atoms with Gasteiger partial charge in [0.25, 0.3) is 0 Å². The maximum atomic E-state index is 14.2. The molecule has 1 saturated carbocycles. The fourth-order valence-electron chi connectivity index (χ4n) is 4.84. The van der Waals surface area contributed by atoms with E-state index in [-0.39, 0.29) is 5.75 Å². The SMILES string of the molecule is CCN1CCCC1CNc1nc(NCC2CCC(N)CC2)nc(Nc2ccc(OC)c(F)c2)n1. The molecule has 0 radical (unpaired) electrons. The third-order valence-corrected chi connectivity index (χ3v) is 6.88. The summed E-state index contributed by atoms with van der Waals surface area (Å²) < 4.78 is 19.2. The number of nitrogens with one attached hydrogen (secondary N) is 3. The van der Waals surface area contributed by atoms with Crippen molar-refractivity contribution in [1.29, 1.82) is 0 Å². The number of aromatic nitrogens is 3. The van der Waals surface area contributed by atoms with Crippen LogP contribution in [0.2, 0.25) is 0 Å². The van der Waals surface area contributed by atoms with E-state index in [0.717, 1.165) is 58.3 Å². The van der Waals surface area contributed by atoms with Crippen molar-refractivity contribution >= 4 is 23.5 Å². The molecule has 1 saturated heterocycles. The molecular weight excluding hydrogens is 435 g/mol. The Labute approximate surface area is 201 Å². The molecule has 0 spiro atoms. The number of hydrogen-bond acceptors (Lipinski definition) is 9. The highest BCUT2D eigenvalue weighted by Gasteiger charge is 2.23. The lowest BCUT2D eigenvalue weighted by Gasteiger charge is -2.26. The molecule has 9 nitrogen and oxygen atoms in total. The molecule has 1 aliphatic carbocycles. The number of methoxy groups -OCH3 is 1. The van der Waals surface area contributed by atoms with E-state index < -0.39 is 5.82 Å². The molecule has 0 bridgehead atoms. The summed E-state index contributed by atoms with van der Waals surface area (Å²) in [6.45, 7) is 5.93. The largest absolute Gasteiger partial charge is 0.494 e. The summed E-state index contributed by atoms with van der Waals surface area (Å²) in [5.41, 5.74) is 6.58. The van der Waals surface area contributed by atoms with Crippen LogP contribution in [0.25, 0.3) is 0 Å². The van der Waals surface area contributed by atoms with Crippen LogP contribution >= 0.6 is 0 Å². The summed E-state index contributed by atoms with van der Waals surface area (Å²) in [7, 11) is 1.44. The van der Waals surface area contributed by atoms with Crippen molar-refractivity contribution in [2.45, 2.75) is 57.5 Å². The van der Waals surface area contributed by atoms with Crippen LogP contribution in [0.4, 0.5) is 27.9 Å². The van der Waals surface area contributed by atoms with Crippen LogP contribution in [0.3, 0.4) is 0 Å². The second-order valence-corrected chi connectivity index (χ2v) is 9.25. The van der Waals surface area contributed by atoms with Crippen LogP contribution in [-0.2, 0) is 0 Å². The molecular formula is C24H37FN8O. The summed E-state index contributed by atoms with van der Waals surface area (Å²) in [5, 5.41) is 9.89. The van der Waals surface area contributed by atoms with Crippen LogP contribution in [0.5, 0.6) is 5.75 Å². The maximum Gasteiger partial charge on any atom is 0.233 e. The van der Waals surface area contributed by atoms with E-state index in [2.05, 4.69) is 42.7 Å². The van der Waals surface area contributed by atoms with Gasteiger partial charge in [0.15, 0.2) is 11.6 Å². The summed E-state index contributed by atoms with van der Waals surface area (Å²) in [6.07, 6.45) is 6.70. The Morgan fingerprint density at radius 3 is 2.41 bits per heavy atom. The molecule has 1 atom stereocenters. The fraction of sp³-hybridized carbons (Fsp3) is 0.625. The van der Waals surface area contributed by atoms with E-state index >= 15 is 0 Å². The van der Waals surface area contributed by atoms with Gasteiger partial charge < -0.3 is 26.4 Å². The van der Waals surface area contributed by atoms with E-state index in [1.54, 1.807) is 12.1 Å². The van der Waals surface area contributed by atoms with Gasteiger partial charge in [-0.25, -0.2) is 4.39 Å². The van der Waals surface area contributed by atoms with Crippen LogP contribution in [-0.4, -0.2) is 65.2 Å². The van der Waals surface area contributed by atoms with Gasteiger partial charge in [-0.2, -0.15) is 15.0 Å². The summed E-state index contributed by atoms with van der Waals surface area (Å²) in [5.74, 6) is 1.65. The van der Waals surface area contributed by atoms with Crippen molar-refractivity contribution in [3.8, 4) is 5.75 Å². The normalized spacial score (nSPS) is 23.0. The van der Waals surface area contributed by atoms with Gasteiger partial charge in [0.05, 0.1) is 7.11 Å². The number of anilines is 4. The number of benzene rings is 1. The monoisotopic (exact) mass is 472 g/mol. The minimum atomic E-state index is -0.449. The van der Waals surface area contributed by atoms with Crippen LogP contribution < -0.4 is 26.4 Å². The van der Waals surface area contributed by atoms with Crippen LogP contribution in [0.1, 0.15) is 45.4 Å². The number of halogens is 1. The molecule has 2 aliphatic rings. The third-order valence-electron chi connectivity index (χ3n) is 6.88. The Balaban J connectivity index is 1.47. The lowest BCUT2D eigenvalue weighted by atomic mass is 9.86. The topological polar surface area (TPSA) is 113 Å². The Hall–Kier alpha value is -2.72. The van der Waals surface area contributed by atoms with E-state index in [9.17, 15) is 4.39 Å². The van der Waals surface area contributed by atoms with E-state index in [0.29, 0.717) is 41.5 Å². The Morgan fingerprint density at radius 1 is 1.03 bits per heavy atom. The molecule has 10 heteroatoms. The average molecular weight is 473 g/mol. The highest BCUT2D eigenvalue weighted by molar-refractivity contribution is 5.57. The summed E-state index contributed by atoms with van der Waals surface area (Å²) in [4.78, 5) is 16.2. The molecule has 0 amide bonds. The number of rotatable bonds is 10. The summed E-state index contributed by atoms with van der Waals surface area (Å²) in [6, 6.07) is 5.46. The average Bonchev–Trinajstić information content (AvgIpc) is 3.30. The van der Waals surface area contributed by atoms with Crippen molar-refractivity contribution in [1.82, 2.24) is 19.9 Å². The van der Waals surface area contributed by atoms with Crippen molar-refractivity contribution in [3.63, 3.8) is 0 Å². The highest BCUT2D eigenvalue weighted by Crippen LogP contribution is 2.25.